The molecule has 0 bridgehead atoms. The highest BCUT2D eigenvalue weighted by Gasteiger charge is 2.25. The number of aromatic carboxylic acids is 1. The van der Waals surface area contributed by atoms with Gasteiger partial charge in [0.25, 0.3) is 36.0 Å². The molecule has 0 aliphatic carbocycles. The first kappa shape index (κ1) is 38.7. The van der Waals surface area contributed by atoms with E-state index in [2.05, 4.69) is 20.5 Å². The van der Waals surface area contributed by atoms with Crippen LogP contribution in [0.25, 0.3) is 22.9 Å². The summed E-state index contributed by atoms with van der Waals surface area (Å²) in [5, 5.41) is 57.4. The van der Waals surface area contributed by atoms with E-state index >= 15 is 0 Å². The van der Waals surface area contributed by atoms with Gasteiger partial charge in [-0.05, 0) is 59.0 Å². The zero-order chi connectivity index (χ0) is 39.7. The number of benzene rings is 5. The molecule has 0 atom stereocenters. The van der Waals surface area contributed by atoms with Crippen LogP contribution in [0.2, 0.25) is 0 Å². The molecule has 6 N–H and O–H groups in total. The molecular formula is C31H21N5O15S3. The molecule has 54 heavy (non-hydrogen) atoms. The number of phenolic OH excluding ortho intramolecular Hbond substituents is 2. The predicted molar refractivity (Wildman–Crippen MR) is 187 cm³/mol. The van der Waals surface area contributed by atoms with Gasteiger partial charge in [-0.3, -0.25) is 23.8 Å². The van der Waals surface area contributed by atoms with Crippen LogP contribution in [0.4, 0.5) is 28.4 Å². The standard InChI is InChI=1S/C31H21N5O15S3/c37-28-22-14-19(10-7-18(22)13-26(53(46,47)48)27(28)35-33-23-4-2-1-3-21(23)31(39)40)32-34-24-12-9-17(30(29(24)38)54(49,50)51)6-5-16-8-11-20(36(41)42)15-25(16)52(43,44)45/h1-15,37-38H,(H,39,40)(H,43,44,45)(H,46,47,48)(H,49,50,51)/b6-5+,34-32?,35-33?. The van der Waals surface area contributed by atoms with Gasteiger partial charge in [0.2, 0.25) is 0 Å². The van der Waals surface area contributed by atoms with Gasteiger partial charge < -0.3 is 15.3 Å². The lowest BCUT2D eigenvalue weighted by Gasteiger charge is -2.10. The van der Waals surface area contributed by atoms with Gasteiger partial charge in [0.05, 0.1) is 16.2 Å². The summed E-state index contributed by atoms with van der Waals surface area (Å²) in [4.78, 5) is 18.8. The number of hydrogen-bond donors (Lipinski definition) is 6. The van der Waals surface area contributed by atoms with Crippen molar-refractivity contribution in [2.75, 3.05) is 0 Å². The molecule has 23 heteroatoms. The smallest absolute Gasteiger partial charge is 0.337 e. The molecule has 0 saturated heterocycles. The molecule has 0 aromatic heterocycles. The maximum Gasteiger partial charge on any atom is 0.337 e. The van der Waals surface area contributed by atoms with E-state index in [0.717, 1.165) is 48.6 Å². The minimum atomic E-state index is -5.23. The second-order valence-electron chi connectivity index (χ2n) is 10.8. The predicted octanol–water partition coefficient (Wildman–Crippen LogP) is 6.60. The van der Waals surface area contributed by atoms with Crippen LogP contribution in [0.15, 0.2) is 114 Å². The van der Waals surface area contributed by atoms with Crippen LogP contribution in [0.3, 0.4) is 0 Å². The summed E-state index contributed by atoms with van der Waals surface area (Å²) in [7, 11) is -15.3. The van der Waals surface area contributed by atoms with Crippen molar-refractivity contribution in [3.63, 3.8) is 0 Å². The third-order valence-corrected chi connectivity index (χ3v) is 10.0. The minimum Gasteiger partial charge on any atom is -0.505 e. The van der Waals surface area contributed by atoms with Crippen LogP contribution in [0.5, 0.6) is 11.5 Å². The largest absolute Gasteiger partial charge is 0.505 e. The summed E-state index contributed by atoms with van der Waals surface area (Å²) in [5.74, 6) is -3.35. The number of hydrogen-bond acceptors (Lipinski definition) is 15. The highest BCUT2D eigenvalue weighted by atomic mass is 32.2. The number of aromatic hydroxyl groups is 2. The Bertz CT molecular complexity index is 2840. The van der Waals surface area contributed by atoms with Crippen molar-refractivity contribution in [1.29, 1.82) is 0 Å². The van der Waals surface area contributed by atoms with Crippen molar-refractivity contribution in [2.24, 2.45) is 20.5 Å². The molecule has 0 unspecified atom stereocenters. The Morgan fingerprint density at radius 3 is 1.93 bits per heavy atom. The van der Waals surface area contributed by atoms with Crippen molar-refractivity contribution in [1.82, 2.24) is 0 Å². The van der Waals surface area contributed by atoms with E-state index in [1.54, 1.807) is 0 Å². The summed E-state index contributed by atoms with van der Waals surface area (Å²) >= 11 is 0. The molecule has 0 saturated carbocycles. The third-order valence-electron chi connectivity index (χ3n) is 7.31. The number of non-ortho nitro benzene ring substituents is 1. The number of carboxylic acids is 1. The van der Waals surface area contributed by atoms with Gasteiger partial charge in [-0.25, -0.2) is 4.79 Å². The monoisotopic (exact) mass is 799 g/mol. The minimum absolute atomic E-state index is 0.0294. The van der Waals surface area contributed by atoms with Gasteiger partial charge in [0.1, 0.15) is 31.7 Å². The fraction of sp³-hybridized carbons (Fsp3) is 0. The van der Waals surface area contributed by atoms with Crippen molar-refractivity contribution in [3.05, 3.63) is 106 Å². The second kappa shape index (κ2) is 14.5. The average molecular weight is 800 g/mol. The summed E-state index contributed by atoms with van der Waals surface area (Å²) in [6.45, 7) is 0. The van der Waals surface area contributed by atoms with E-state index in [4.69, 9.17) is 0 Å². The van der Waals surface area contributed by atoms with E-state index in [1.165, 1.54) is 36.4 Å². The first-order chi connectivity index (χ1) is 25.2. The van der Waals surface area contributed by atoms with Crippen molar-refractivity contribution in [2.45, 2.75) is 14.7 Å². The number of phenols is 2. The number of carbonyl (C=O) groups is 1. The molecule has 5 rings (SSSR count). The van der Waals surface area contributed by atoms with Crippen LogP contribution in [-0.4, -0.2) is 65.1 Å². The number of nitro groups is 1. The number of carboxylic acid groups (broad SMARTS) is 1. The molecule has 278 valence electrons. The maximum atomic E-state index is 12.3. The third kappa shape index (κ3) is 8.25. The molecule has 0 heterocycles. The van der Waals surface area contributed by atoms with Crippen LogP contribution >= 0.6 is 0 Å². The number of azo groups is 2. The molecular weight excluding hydrogens is 779 g/mol. The lowest BCUT2D eigenvalue weighted by molar-refractivity contribution is -0.385. The zero-order valence-corrected chi connectivity index (χ0v) is 28.9. The number of nitro benzene ring substituents is 1. The molecule has 5 aromatic rings. The number of rotatable bonds is 11. The van der Waals surface area contributed by atoms with E-state index in [9.17, 15) is 69.1 Å². The molecule has 0 amide bonds. The van der Waals surface area contributed by atoms with Gasteiger partial charge >= 0.3 is 5.97 Å². The van der Waals surface area contributed by atoms with E-state index in [-0.39, 0.29) is 33.3 Å². The highest BCUT2D eigenvalue weighted by molar-refractivity contribution is 7.86. The normalized spacial score (nSPS) is 12.6. The SMILES string of the molecule is O=C(O)c1ccccc1N=Nc1c(S(=O)(=O)O)cc2ccc(N=Nc3ccc(/C=C/c4ccc([N+](=O)[O-])cc4S(=O)(=O)O)c(S(=O)(=O)O)c3O)cc2c1O. The van der Waals surface area contributed by atoms with Crippen LogP contribution in [0.1, 0.15) is 21.5 Å². The second-order valence-corrected chi connectivity index (χ2v) is 14.9. The van der Waals surface area contributed by atoms with Crippen LogP contribution in [0, 0.1) is 10.1 Å². The quantitative estimate of drug-likeness (QED) is 0.0269. The van der Waals surface area contributed by atoms with Crippen LogP contribution < -0.4 is 0 Å². The summed E-state index contributed by atoms with van der Waals surface area (Å²) in [5.41, 5.74) is -3.35. The Hall–Kier alpha value is -6.50. The van der Waals surface area contributed by atoms with Gasteiger partial charge in [0, 0.05) is 17.5 Å². The molecule has 0 radical (unpaired) electrons. The zero-order valence-electron chi connectivity index (χ0n) is 26.5. The summed E-state index contributed by atoms with van der Waals surface area (Å²) in [6.07, 6.45) is 1.85. The molecule has 0 aliphatic heterocycles. The van der Waals surface area contributed by atoms with E-state index < -0.39 is 90.1 Å². The van der Waals surface area contributed by atoms with Gasteiger partial charge in [0.15, 0.2) is 11.5 Å². The topological polar surface area (TPSA) is 333 Å². The van der Waals surface area contributed by atoms with E-state index in [1.807, 2.05) is 0 Å². The Kier molecular flexibility index (Phi) is 10.4. The van der Waals surface area contributed by atoms with Gasteiger partial charge in [-0.15, -0.1) is 15.3 Å². The van der Waals surface area contributed by atoms with Crippen molar-refractivity contribution >= 4 is 87.7 Å². The first-order valence-electron chi connectivity index (χ1n) is 14.4. The Balaban J connectivity index is 1.56. The molecule has 0 aliphatic rings. The lowest BCUT2D eigenvalue weighted by Crippen LogP contribution is -2.03. The highest BCUT2D eigenvalue weighted by Crippen LogP contribution is 2.43. The first-order valence-corrected chi connectivity index (χ1v) is 18.7. The number of nitrogens with zero attached hydrogens (tertiary/aromatic N) is 5. The Morgan fingerprint density at radius 1 is 0.667 bits per heavy atom. The molecule has 5 aromatic carbocycles. The molecule has 20 nitrogen and oxygen atoms in total. The molecule has 0 fully saturated rings. The average Bonchev–Trinajstić information content (AvgIpc) is 3.08. The van der Waals surface area contributed by atoms with Crippen molar-refractivity contribution in [3.8, 4) is 11.5 Å². The number of fused-ring (bicyclic) bond motifs is 1. The Morgan fingerprint density at radius 2 is 1.30 bits per heavy atom. The maximum absolute atomic E-state index is 12.3. The van der Waals surface area contributed by atoms with Gasteiger partial charge in [-0.1, -0.05) is 36.4 Å². The fourth-order valence-corrected chi connectivity index (χ4v) is 7.02. The lowest BCUT2D eigenvalue weighted by atomic mass is 10.1. The fourth-order valence-electron chi connectivity index (χ4n) is 4.88. The summed E-state index contributed by atoms with van der Waals surface area (Å²) < 4.78 is 102. The Labute approximate surface area is 303 Å². The summed E-state index contributed by atoms with van der Waals surface area (Å²) in [6, 6.07) is 14.3. The van der Waals surface area contributed by atoms with Crippen LogP contribution in [-0.2, 0) is 30.4 Å². The van der Waals surface area contributed by atoms with Gasteiger partial charge in [-0.2, -0.15) is 30.4 Å². The molecule has 0 spiro atoms. The van der Waals surface area contributed by atoms with E-state index in [0.29, 0.717) is 6.07 Å². The van der Waals surface area contributed by atoms with Crippen molar-refractivity contribution < 1.29 is 63.9 Å².